The minimum Gasteiger partial charge on any atom is -0.381 e. The first kappa shape index (κ1) is 15.1. The molecule has 1 N–H and O–H groups in total. The van der Waals surface area contributed by atoms with Crippen LogP contribution in [-0.4, -0.2) is 53.8 Å². The standard InChI is InChI=1S/C16H24N4O3/c21-14(17-8-11-5-7-22-10-11)9-20-6-1-2-13(20)15-18-16(23-19-15)12-3-4-12/h11-13H,1-10H2,(H,17,21)/t11-,13+/m1/s1. The summed E-state index contributed by atoms with van der Waals surface area (Å²) < 4.78 is 10.7. The summed E-state index contributed by atoms with van der Waals surface area (Å²) in [6.07, 6.45) is 5.42. The van der Waals surface area contributed by atoms with E-state index >= 15 is 0 Å². The molecule has 0 unspecified atom stereocenters. The third-order valence-electron chi connectivity index (χ3n) is 5.00. The summed E-state index contributed by atoms with van der Waals surface area (Å²) in [6.45, 7) is 3.62. The number of likely N-dealkylation sites (tertiary alicyclic amines) is 1. The van der Waals surface area contributed by atoms with Crippen molar-refractivity contribution < 1.29 is 14.1 Å². The molecule has 7 nitrogen and oxygen atoms in total. The molecule has 0 spiro atoms. The van der Waals surface area contributed by atoms with Gasteiger partial charge in [-0.1, -0.05) is 5.16 Å². The van der Waals surface area contributed by atoms with E-state index in [1.54, 1.807) is 0 Å². The van der Waals surface area contributed by atoms with Crippen LogP contribution in [0.5, 0.6) is 0 Å². The molecule has 0 radical (unpaired) electrons. The summed E-state index contributed by atoms with van der Waals surface area (Å²) >= 11 is 0. The van der Waals surface area contributed by atoms with Crippen molar-refractivity contribution in [1.82, 2.24) is 20.4 Å². The number of hydrogen-bond acceptors (Lipinski definition) is 6. The molecule has 3 aliphatic rings. The first-order chi connectivity index (χ1) is 11.3. The fourth-order valence-electron chi connectivity index (χ4n) is 3.43. The SMILES string of the molecule is O=C(CN1CCC[C@H]1c1noc(C2CC2)n1)NC[C@H]1CCOC1. The zero-order valence-electron chi connectivity index (χ0n) is 13.4. The predicted molar refractivity (Wildman–Crippen MR) is 81.8 cm³/mol. The van der Waals surface area contributed by atoms with Gasteiger partial charge in [0.05, 0.1) is 19.2 Å². The molecule has 3 heterocycles. The maximum Gasteiger partial charge on any atom is 0.234 e. The zero-order valence-corrected chi connectivity index (χ0v) is 13.4. The van der Waals surface area contributed by atoms with Gasteiger partial charge in [-0.05, 0) is 38.6 Å². The van der Waals surface area contributed by atoms with Gasteiger partial charge in [-0.15, -0.1) is 0 Å². The molecular formula is C16H24N4O3. The van der Waals surface area contributed by atoms with E-state index in [1.807, 2.05) is 0 Å². The average Bonchev–Trinajstić information content (AvgIpc) is 2.99. The molecule has 1 aliphatic carbocycles. The van der Waals surface area contributed by atoms with Crippen LogP contribution in [0.3, 0.4) is 0 Å². The monoisotopic (exact) mass is 320 g/mol. The van der Waals surface area contributed by atoms with Crippen molar-refractivity contribution in [1.29, 1.82) is 0 Å². The number of aromatic nitrogens is 2. The van der Waals surface area contributed by atoms with Crippen molar-refractivity contribution in [2.75, 3.05) is 32.8 Å². The van der Waals surface area contributed by atoms with Gasteiger partial charge in [0.25, 0.3) is 0 Å². The van der Waals surface area contributed by atoms with Crippen LogP contribution in [0.4, 0.5) is 0 Å². The Hall–Kier alpha value is -1.47. The highest BCUT2D eigenvalue weighted by Crippen LogP contribution is 2.40. The molecule has 0 aromatic carbocycles. The summed E-state index contributed by atoms with van der Waals surface area (Å²) in [6, 6.07) is 0.117. The van der Waals surface area contributed by atoms with Gasteiger partial charge in [-0.25, -0.2) is 0 Å². The fraction of sp³-hybridized carbons (Fsp3) is 0.812. The van der Waals surface area contributed by atoms with Crippen LogP contribution in [0, 0.1) is 5.92 Å². The molecule has 1 aromatic heterocycles. The topological polar surface area (TPSA) is 80.5 Å². The summed E-state index contributed by atoms with van der Waals surface area (Å²) in [7, 11) is 0. The molecule has 7 heteroatoms. The van der Waals surface area contributed by atoms with E-state index in [1.165, 1.54) is 0 Å². The van der Waals surface area contributed by atoms with Crippen LogP contribution in [0.25, 0.3) is 0 Å². The second-order valence-electron chi connectivity index (χ2n) is 6.93. The average molecular weight is 320 g/mol. The van der Waals surface area contributed by atoms with Crippen LogP contribution >= 0.6 is 0 Å². The largest absolute Gasteiger partial charge is 0.381 e. The Morgan fingerprint density at radius 2 is 2.22 bits per heavy atom. The normalized spacial score (nSPS) is 28.3. The molecule has 0 bridgehead atoms. The number of carbonyl (C=O) groups excluding carboxylic acids is 1. The predicted octanol–water partition coefficient (Wildman–Crippen LogP) is 1.24. The Balaban J connectivity index is 1.30. The number of carbonyl (C=O) groups is 1. The summed E-state index contributed by atoms with van der Waals surface area (Å²) in [5.74, 6) is 2.54. The Bertz CT molecular complexity index is 551. The first-order valence-corrected chi connectivity index (χ1v) is 8.71. The molecule has 1 saturated carbocycles. The number of nitrogens with zero attached hydrogens (tertiary/aromatic N) is 3. The molecular weight excluding hydrogens is 296 g/mol. The van der Waals surface area contributed by atoms with E-state index in [4.69, 9.17) is 9.26 Å². The van der Waals surface area contributed by atoms with E-state index in [9.17, 15) is 4.79 Å². The number of rotatable bonds is 6. The van der Waals surface area contributed by atoms with Crippen LogP contribution in [-0.2, 0) is 9.53 Å². The van der Waals surface area contributed by atoms with Gasteiger partial charge >= 0.3 is 0 Å². The molecule has 3 fully saturated rings. The molecule has 23 heavy (non-hydrogen) atoms. The second kappa shape index (κ2) is 6.57. The van der Waals surface area contributed by atoms with Gasteiger partial charge in [0.1, 0.15) is 0 Å². The maximum absolute atomic E-state index is 12.2. The quantitative estimate of drug-likeness (QED) is 0.849. The number of hydrogen-bond donors (Lipinski definition) is 1. The Labute approximate surface area is 135 Å². The lowest BCUT2D eigenvalue weighted by Gasteiger charge is -2.21. The van der Waals surface area contributed by atoms with Crippen molar-refractivity contribution in [3.8, 4) is 0 Å². The van der Waals surface area contributed by atoms with Gasteiger partial charge < -0.3 is 14.6 Å². The number of nitrogens with one attached hydrogen (secondary N) is 1. The molecule has 126 valence electrons. The third kappa shape index (κ3) is 3.55. The lowest BCUT2D eigenvalue weighted by atomic mass is 10.1. The van der Waals surface area contributed by atoms with Gasteiger partial charge in [0, 0.05) is 25.0 Å². The minimum atomic E-state index is 0.0784. The van der Waals surface area contributed by atoms with Crippen LogP contribution in [0.2, 0.25) is 0 Å². The Morgan fingerprint density at radius 3 is 3.00 bits per heavy atom. The molecule has 2 aliphatic heterocycles. The van der Waals surface area contributed by atoms with Crippen molar-refractivity contribution in [2.24, 2.45) is 5.92 Å². The zero-order chi connectivity index (χ0) is 15.6. The van der Waals surface area contributed by atoms with Crippen molar-refractivity contribution in [2.45, 2.75) is 44.1 Å². The van der Waals surface area contributed by atoms with E-state index in [0.29, 0.717) is 24.9 Å². The highest BCUT2D eigenvalue weighted by molar-refractivity contribution is 5.78. The number of ether oxygens (including phenoxy) is 1. The van der Waals surface area contributed by atoms with Crippen molar-refractivity contribution in [3.63, 3.8) is 0 Å². The van der Waals surface area contributed by atoms with E-state index in [2.05, 4.69) is 20.4 Å². The van der Waals surface area contributed by atoms with Crippen LogP contribution in [0.1, 0.15) is 55.8 Å². The summed E-state index contributed by atoms with van der Waals surface area (Å²) in [5, 5.41) is 7.18. The third-order valence-corrected chi connectivity index (χ3v) is 5.00. The molecule has 2 atom stereocenters. The maximum atomic E-state index is 12.2. The van der Waals surface area contributed by atoms with Crippen molar-refractivity contribution in [3.05, 3.63) is 11.7 Å². The highest BCUT2D eigenvalue weighted by atomic mass is 16.5. The van der Waals surface area contributed by atoms with Crippen LogP contribution in [0.15, 0.2) is 4.52 Å². The van der Waals surface area contributed by atoms with Gasteiger partial charge in [-0.3, -0.25) is 9.69 Å². The fourth-order valence-corrected chi connectivity index (χ4v) is 3.43. The lowest BCUT2D eigenvalue weighted by molar-refractivity contribution is -0.122. The second-order valence-corrected chi connectivity index (χ2v) is 6.93. The summed E-state index contributed by atoms with van der Waals surface area (Å²) in [4.78, 5) is 18.9. The van der Waals surface area contributed by atoms with E-state index in [0.717, 1.165) is 63.6 Å². The Kier molecular flexibility index (Phi) is 4.31. The van der Waals surface area contributed by atoms with Gasteiger partial charge in [-0.2, -0.15) is 4.98 Å². The van der Waals surface area contributed by atoms with E-state index in [-0.39, 0.29) is 11.9 Å². The summed E-state index contributed by atoms with van der Waals surface area (Å²) in [5.41, 5.74) is 0. The lowest BCUT2D eigenvalue weighted by Crippen LogP contribution is -2.39. The highest BCUT2D eigenvalue weighted by Gasteiger charge is 2.34. The molecule has 4 rings (SSSR count). The molecule has 1 amide bonds. The first-order valence-electron chi connectivity index (χ1n) is 8.71. The Morgan fingerprint density at radius 1 is 1.30 bits per heavy atom. The van der Waals surface area contributed by atoms with Crippen molar-refractivity contribution >= 4 is 5.91 Å². The molecule has 2 saturated heterocycles. The smallest absolute Gasteiger partial charge is 0.234 e. The van der Waals surface area contributed by atoms with Gasteiger partial charge in [0.15, 0.2) is 5.82 Å². The minimum absolute atomic E-state index is 0.0784. The van der Waals surface area contributed by atoms with Gasteiger partial charge in [0.2, 0.25) is 11.8 Å². The van der Waals surface area contributed by atoms with Crippen LogP contribution < -0.4 is 5.32 Å². The number of amides is 1. The molecule has 1 aromatic rings. The van der Waals surface area contributed by atoms with E-state index < -0.39 is 0 Å².